The number of hydrogen-bond acceptors (Lipinski definition) is 1. The van der Waals surface area contributed by atoms with E-state index in [1.165, 1.54) is 0 Å². The second kappa shape index (κ2) is 5.47. The number of benzene rings is 1. The van der Waals surface area contributed by atoms with Gasteiger partial charge in [0, 0.05) is 16.2 Å². The SMILES string of the molecule is Cc1cc(Br)ccc1NC(=S)NC(C)C. The Kier molecular flexibility index (Phi) is 4.54. The van der Waals surface area contributed by atoms with Gasteiger partial charge in [-0.2, -0.15) is 0 Å². The molecular formula is C11H15BrN2S. The first-order valence-electron chi connectivity index (χ1n) is 4.82. The normalized spacial score (nSPS) is 10.2. The highest BCUT2D eigenvalue weighted by atomic mass is 79.9. The number of aryl methyl sites for hydroxylation is 1. The second-order valence-corrected chi connectivity index (χ2v) is 5.04. The van der Waals surface area contributed by atoms with Crippen LogP contribution in [-0.2, 0) is 0 Å². The van der Waals surface area contributed by atoms with Crippen molar-refractivity contribution in [3.05, 3.63) is 28.2 Å². The van der Waals surface area contributed by atoms with E-state index in [1.807, 2.05) is 19.1 Å². The van der Waals surface area contributed by atoms with E-state index >= 15 is 0 Å². The topological polar surface area (TPSA) is 24.1 Å². The third-order valence-corrected chi connectivity index (χ3v) is 2.57. The predicted octanol–water partition coefficient (Wildman–Crippen LogP) is 3.45. The quantitative estimate of drug-likeness (QED) is 0.815. The summed E-state index contributed by atoms with van der Waals surface area (Å²) in [5, 5.41) is 6.97. The van der Waals surface area contributed by atoms with Crippen LogP contribution in [0.2, 0.25) is 0 Å². The summed E-state index contributed by atoms with van der Waals surface area (Å²) >= 11 is 8.60. The lowest BCUT2D eigenvalue weighted by molar-refractivity contribution is 0.739. The highest BCUT2D eigenvalue weighted by molar-refractivity contribution is 9.10. The van der Waals surface area contributed by atoms with Crippen molar-refractivity contribution in [2.24, 2.45) is 0 Å². The summed E-state index contributed by atoms with van der Waals surface area (Å²) in [7, 11) is 0. The van der Waals surface area contributed by atoms with Crippen molar-refractivity contribution in [1.82, 2.24) is 5.32 Å². The van der Waals surface area contributed by atoms with Crippen LogP contribution in [0.1, 0.15) is 19.4 Å². The highest BCUT2D eigenvalue weighted by Gasteiger charge is 2.02. The fourth-order valence-electron chi connectivity index (χ4n) is 1.19. The maximum absolute atomic E-state index is 5.17. The Balaban J connectivity index is 2.68. The number of rotatable bonds is 2. The lowest BCUT2D eigenvalue weighted by atomic mass is 10.2. The molecular weight excluding hydrogens is 272 g/mol. The van der Waals surface area contributed by atoms with Gasteiger partial charge in [-0.3, -0.25) is 0 Å². The molecule has 2 nitrogen and oxygen atoms in total. The lowest BCUT2D eigenvalue weighted by Gasteiger charge is -2.14. The summed E-state index contributed by atoms with van der Waals surface area (Å²) in [6, 6.07) is 6.40. The first kappa shape index (κ1) is 12.5. The average Bonchev–Trinajstić information content (AvgIpc) is 2.08. The van der Waals surface area contributed by atoms with E-state index in [2.05, 4.69) is 46.5 Å². The average molecular weight is 287 g/mol. The van der Waals surface area contributed by atoms with Gasteiger partial charge in [-0.15, -0.1) is 0 Å². The van der Waals surface area contributed by atoms with Crippen molar-refractivity contribution in [3.8, 4) is 0 Å². The van der Waals surface area contributed by atoms with Crippen LogP contribution < -0.4 is 10.6 Å². The molecule has 0 aromatic heterocycles. The van der Waals surface area contributed by atoms with Crippen LogP contribution in [0.4, 0.5) is 5.69 Å². The smallest absolute Gasteiger partial charge is 0.170 e. The summed E-state index contributed by atoms with van der Waals surface area (Å²) in [5.74, 6) is 0. The van der Waals surface area contributed by atoms with E-state index in [9.17, 15) is 0 Å². The summed E-state index contributed by atoms with van der Waals surface area (Å²) in [6.45, 7) is 6.16. The molecule has 0 radical (unpaired) electrons. The second-order valence-electron chi connectivity index (χ2n) is 3.71. The summed E-state index contributed by atoms with van der Waals surface area (Å²) < 4.78 is 1.08. The summed E-state index contributed by atoms with van der Waals surface area (Å²) in [6.07, 6.45) is 0. The Labute approximate surface area is 105 Å². The van der Waals surface area contributed by atoms with Gasteiger partial charge in [0.15, 0.2) is 5.11 Å². The maximum atomic E-state index is 5.17. The standard InChI is InChI=1S/C11H15BrN2S/c1-7(2)13-11(15)14-10-5-4-9(12)6-8(10)3/h4-7H,1-3H3,(H2,13,14,15). The van der Waals surface area contributed by atoms with Gasteiger partial charge in [0.25, 0.3) is 0 Å². The van der Waals surface area contributed by atoms with Crippen LogP contribution in [0.5, 0.6) is 0 Å². The van der Waals surface area contributed by atoms with E-state index in [0.717, 1.165) is 15.7 Å². The molecule has 1 aromatic rings. The molecule has 0 aliphatic rings. The molecule has 0 amide bonds. The van der Waals surface area contributed by atoms with E-state index in [1.54, 1.807) is 0 Å². The van der Waals surface area contributed by atoms with Crippen molar-refractivity contribution in [1.29, 1.82) is 0 Å². The van der Waals surface area contributed by atoms with Crippen LogP contribution in [0.15, 0.2) is 22.7 Å². The van der Waals surface area contributed by atoms with Gasteiger partial charge in [-0.25, -0.2) is 0 Å². The molecule has 0 unspecified atom stereocenters. The fraction of sp³-hybridized carbons (Fsp3) is 0.364. The van der Waals surface area contributed by atoms with Crippen LogP contribution in [0, 0.1) is 6.92 Å². The van der Waals surface area contributed by atoms with E-state index in [0.29, 0.717) is 11.2 Å². The van der Waals surface area contributed by atoms with Gasteiger partial charge in [-0.1, -0.05) is 15.9 Å². The van der Waals surface area contributed by atoms with E-state index < -0.39 is 0 Å². The molecule has 1 aromatic carbocycles. The van der Waals surface area contributed by atoms with Gasteiger partial charge >= 0.3 is 0 Å². The van der Waals surface area contributed by atoms with E-state index in [-0.39, 0.29) is 0 Å². The molecule has 0 spiro atoms. The molecule has 0 heterocycles. The highest BCUT2D eigenvalue weighted by Crippen LogP contribution is 2.19. The first-order valence-corrected chi connectivity index (χ1v) is 6.03. The molecule has 0 bridgehead atoms. The fourth-order valence-corrected chi connectivity index (χ4v) is 2.01. The number of anilines is 1. The van der Waals surface area contributed by atoms with Gasteiger partial charge in [0.05, 0.1) is 0 Å². The van der Waals surface area contributed by atoms with E-state index in [4.69, 9.17) is 12.2 Å². The predicted molar refractivity (Wildman–Crippen MR) is 73.4 cm³/mol. The van der Waals surface area contributed by atoms with Crippen molar-refractivity contribution in [2.75, 3.05) is 5.32 Å². The van der Waals surface area contributed by atoms with Crippen molar-refractivity contribution in [3.63, 3.8) is 0 Å². The Morgan fingerprint density at radius 1 is 1.40 bits per heavy atom. The van der Waals surface area contributed by atoms with Gasteiger partial charge in [0.2, 0.25) is 0 Å². The minimum Gasteiger partial charge on any atom is -0.360 e. The molecule has 0 saturated heterocycles. The molecule has 0 aliphatic carbocycles. The Hall–Kier alpha value is -0.610. The van der Waals surface area contributed by atoms with Gasteiger partial charge < -0.3 is 10.6 Å². The minimum atomic E-state index is 0.348. The molecule has 0 aliphatic heterocycles. The zero-order valence-corrected chi connectivity index (χ0v) is 11.5. The molecule has 2 N–H and O–H groups in total. The number of halogens is 1. The van der Waals surface area contributed by atoms with Crippen molar-refractivity contribution >= 4 is 38.9 Å². The van der Waals surface area contributed by atoms with Gasteiger partial charge in [-0.05, 0) is 56.8 Å². The Morgan fingerprint density at radius 3 is 2.60 bits per heavy atom. The van der Waals surface area contributed by atoms with Crippen molar-refractivity contribution < 1.29 is 0 Å². The molecule has 0 atom stereocenters. The van der Waals surface area contributed by atoms with Crippen molar-refractivity contribution in [2.45, 2.75) is 26.8 Å². The molecule has 0 saturated carbocycles. The maximum Gasteiger partial charge on any atom is 0.170 e. The third-order valence-electron chi connectivity index (χ3n) is 1.86. The van der Waals surface area contributed by atoms with Crippen LogP contribution >= 0.6 is 28.1 Å². The minimum absolute atomic E-state index is 0.348. The molecule has 4 heteroatoms. The number of thiocarbonyl (C=S) groups is 1. The zero-order chi connectivity index (χ0) is 11.4. The monoisotopic (exact) mass is 286 g/mol. The molecule has 82 valence electrons. The third kappa shape index (κ3) is 4.18. The van der Waals surface area contributed by atoms with Crippen LogP contribution in [-0.4, -0.2) is 11.2 Å². The van der Waals surface area contributed by atoms with Gasteiger partial charge in [0.1, 0.15) is 0 Å². The Morgan fingerprint density at radius 2 is 2.07 bits per heavy atom. The number of nitrogens with one attached hydrogen (secondary N) is 2. The summed E-state index contributed by atoms with van der Waals surface area (Å²) in [5.41, 5.74) is 2.20. The Bertz CT molecular complexity index is 364. The molecule has 15 heavy (non-hydrogen) atoms. The lowest BCUT2D eigenvalue weighted by Crippen LogP contribution is -2.34. The van der Waals surface area contributed by atoms with Crippen LogP contribution in [0.3, 0.4) is 0 Å². The largest absolute Gasteiger partial charge is 0.360 e. The van der Waals surface area contributed by atoms with Crippen LogP contribution in [0.25, 0.3) is 0 Å². The number of hydrogen-bond donors (Lipinski definition) is 2. The molecule has 1 rings (SSSR count). The first-order chi connectivity index (χ1) is 6.99. The molecule has 0 fully saturated rings. The summed E-state index contributed by atoms with van der Waals surface area (Å²) in [4.78, 5) is 0. The zero-order valence-electron chi connectivity index (χ0n) is 9.10.